The summed E-state index contributed by atoms with van der Waals surface area (Å²) in [5.74, 6) is 6.64. The van der Waals surface area contributed by atoms with E-state index < -0.39 is 0 Å². The zero-order chi connectivity index (χ0) is 12.3. The number of nitrogen functional groups attached to an aromatic ring is 1. The van der Waals surface area contributed by atoms with Crippen molar-refractivity contribution in [3.63, 3.8) is 0 Å². The van der Waals surface area contributed by atoms with Crippen LogP contribution in [0.15, 0.2) is 42.6 Å². The molecular weight excluding hydrogens is 208 g/mol. The van der Waals surface area contributed by atoms with Gasteiger partial charge in [-0.1, -0.05) is 44.2 Å². The Labute approximate surface area is 103 Å². The molecule has 1 aromatic heterocycles. The van der Waals surface area contributed by atoms with E-state index in [0.717, 1.165) is 12.8 Å². The average molecular weight is 228 g/mol. The van der Waals surface area contributed by atoms with Crippen molar-refractivity contribution in [1.82, 2.24) is 4.68 Å². The number of benzene rings is 1. The van der Waals surface area contributed by atoms with E-state index in [0.29, 0.717) is 5.92 Å². The van der Waals surface area contributed by atoms with E-state index in [-0.39, 0.29) is 0 Å². The summed E-state index contributed by atoms with van der Waals surface area (Å²) >= 11 is 0. The summed E-state index contributed by atoms with van der Waals surface area (Å²) in [5.41, 5.74) is 3.90. The second kappa shape index (κ2) is 5.09. The lowest BCUT2D eigenvalue weighted by atomic mass is 10.00. The second-order valence-electron chi connectivity index (χ2n) is 4.96. The molecule has 0 radical (unpaired) electrons. The monoisotopic (exact) mass is 228 g/mol. The number of hydrogen-bond donors (Lipinski definition) is 1. The molecule has 0 amide bonds. The van der Waals surface area contributed by atoms with Crippen LogP contribution in [0.5, 0.6) is 0 Å². The van der Waals surface area contributed by atoms with Crippen molar-refractivity contribution in [1.29, 1.82) is 0 Å². The standard InChI is InChI=1S/C15H20N2/c1-12(2)10-14-8-9-17(16)15(14)11-13-6-4-3-5-7-13/h3-9,12H,10-11,16H2,1-2H3. The van der Waals surface area contributed by atoms with Gasteiger partial charge in [-0.25, -0.2) is 0 Å². The fourth-order valence-electron chi connectivity index (χ4n) is 2.14. The number of rotatable bonds is 4. The van der Waals surface area contributed by atoms with Crippen molar-refractivity contribution in [2.45, 2.75) is 26.7 Å². The zero-order valence-corrected chi connectivity index (χ0v) is 10.6. The van der Waals surface area contributed by atoms with Crippen LogP contribution in [-0.4, -0.2) is 4.68 Å². The Morgan fingerprint density at radius 2 is 1.82 bits per heavy atom. The smallest absolute Gasteiger partial charge is 0.0467 e. The summed E-state index contributed by atoms with van der Waals surface area (Å²) in [6.07, 6.45) is 3.95. The van der Waals surface area contributed by atoms with Crippen LogP contribution < -0.4 is 5.84 Å². The van der Waals surface area contributed by atoms with Crippen molar-refractivity contribution < 1.29 is 0 Å². The predicted octanol–water partition coefficient (Wildman–Crippen LogP) is 2.99. The molecule has 2 nitrogen and oxygen atoms in total. The van der Waals surface area contributed by atoms with Crippen molar-refractivity contribution >= 4 is 0 Å². The van der Waals surface area contributed by atoms with Crippen molar-refractivity contribution in [2.24, 2.45) is 5.92 Å². The number of aromatic nitrogens is 1. The molecule has 1 heterocycles. The Balaban J connectivity index is 2.23. The largest absolute Gasteiger partial charge is 0.339 e. The average Bonchev–Trinajstić information content (AvgIpc) is 2.62. The van der Waals surface area contributed by atoms with E-state index in [4.69, 9.17) is 5.84 Å². The van der Waals surface area contributed by atoms with E-state index in [2.05, 4.69) is 44.2 Å². The summed E-state index contributed by atoms with van der Waals surface area (Å²) in [5, 5.41) is 0. The summed E-state index contributed by atoms with van der Waals surface area (Å²) < 4.78 is 1.75. The quantitative estimate of drug-likeness (QED) is 0.801. The fourth-order valence-corrected chi connectivity index (χ4v) is 2.14. The molecule has 1 aromatic carbocycles. The number of hydrogen-bond acceptors (Lipinski definition) is 1. The molecule has 2 heteroatoms. The molecule has 2 N–H and O–H groups in total. The molecule has 2 aromatic rings. The molecule has 0 saturated heterocycles. The molecule has 0 aliphatic rings. The van der Waals surface area contributed by atoms with Gasteiger partial charge in [0.1, 0.15) is 0 Å². The summed E-state index contributed by atoms with van der Waals surface area (Å²) in [6.45, 7) is 4.47. The van der Waals surface area contributed by atoms with Gasteiger partial charge in [-0.15, -0.1) is 0 Å². The predicted molar refractivity (Wildman–Crippen MR) is 72.4 cm³/mol. The number of nitrogens with zero attached hydrogens (tertiary/aromatic N) is 1. The molecule has 90 valence electrons. The summed E-state index contributed by atoms with van der Waals surface area (Å²) in [7, 11) is 0. The molecule has 0 bridgehead atoms. The highest BCUT2D eigenvalue weighted by Crippen LogP contribution is 2.17. The van der Waals surface area contributed by atoms with Crippen LogP contribution in [-0.2, 0) is 12.8 Å². The van der Waals surface area contributed by atoms with Gasteiger partial charge < -0.3 is 5.84 Å². The number of nitrogens with two attached hydrogens (primary N) is 1. The molecule has 17 heavy (non-hydrogen) atoms. The summed E-state index contributed by atoms with van der Waals surface area (Å²) in [4.78, 5) is 0. The van der Waals surface area contributed by atoms with Gasteiger partial charge in [0, 0.05) is 18.3 Å². The van der Waals surface area contributed by atoms with Gasteiger partial charge in [0.05, 0.1) is 0 Å². The van der Waals surface area contributed by atoms with Crippen LogP contribution in [0.3, 0.4) is 0 Å². The first-order valence-electron chi connectivity index (χ1n) is 6.15. The van der Waals surface area contributed by atoms with Crippen molar-refractivity contribution in [3.05, 3.63) is 59.4 Å². The van der Waals surface area contributed by atoms with E-state index in [9.17, 15) is 0 Å². The lowest BCUT2D eigenvalue weighted by Gasteiger charge is -2.09. The minimum Gasteiger partial charge on any atom is -0.339 e. The van der Waals surface area contributed by atoms with E-state index in [1.54, 1.807) is 4.68 Å². The van der Waals surface area contributed by atoms with Crippen LogP contribution in [0.1, 0.15) is 30.7 Å². The minimum absolute atomic E-state index is 0.659. The van der Waals surface area contributed by atoms with Gasteiger partial charge in [-0.3, -0.25) is 4.68 Å². The van der Waals surface area contributed by atoms with Crippen molar-refractivity contribution in [3.8, 4) is 0 Å². The first-order chi connectivity index (χ1) is 8.16. The fraction of sp³-hybridized carbons (Fsp3) is 0.333. The highest BCUT2D eigenvalue weighted by Gasteiger charge is 2.09. The molecule has 0 saturated carbocycles. The van der Waals surface area contributed by atoms with E-state index in [1.807, 2.05) is 12.3 Å². The molecule has 0 aliphatic heterocycles. The van der Waals surface area contributed by atoms with Gasteiger partial charge in [-0.2, -0.15) is 0 Å². The second-order valence-corrected chi connectivity index (χ2v) is 4.96. The highest BCUT2D eigenvalue weighted by atomic mass is 15.3. The van der Waals surface area contributed by atoms with Crippen LogP contribution in [0.25, 0.3) is 0 Å². The van der Waals surface area contributed by atoms with Crippen molar-refractivity contribution in [2.75, 3.05) is 5.84 Å². The highest BCUT2D eigenvalue weighted by molar-refractivity contribution is 5.29. The molecule has 0 atom stereocenters. The molecule has 0 fully saturated rings. The zero-order valence-electron chi connectivity index (χ0n) is 10.6. The maximum atomic E-state index is 5.98. The third-order valence-corrected chi connectivity index (χ3v) is 2.96. The SMILES string of the molecule is CC(C)Cc1ccn(N)c1Cc1ccccc1. The first-order valence-corrected chi connectivity index (χ1v) is 6.15. The Kier molecular flexibility index (Phi) is 3.52. The van der Waals surface area contributed by atoms with E-state index >= 15 is 0 Å². The third-order valence-electron chi connectivity index (χ3n) is 2.96. The maximum Gasteiger partial charge on any atom is 0.0467 e. The van der Waals surface area contributed by atoms with Gasteiger partial charge >= 0.3 is 0 Å². The molecule has 0 unspecified atom stereocenters. The Bertz CT molecular complexity index is 469. The minimum atomic E-state index is 0.659. The van der Waals surface area contributed by atoms with Gasteiger partial charge in [0.2, 0.25) is 0 Å². The molecule has 0 spiro atoms. The summed E-state index contributed by atoms with van der Waals surface area (Å²) in [6, 6.07) is 12.6. The van der Waals surface area contributed by atoms with Crippen LogP contribution in [0.2, 0.25) is 0 Å². The Morgan fingerprint density at radius 3 is 2.47 bits per heavy atom. The lowest BCUT2D eigenvalue weighted by Crippen LogP contribution is -2.13. The molecule has 0 aliphatic carbocycles. The van der Waals surface area contributed by atoms with Crippen LogP contribution >= 0.6 is 0 Å². The maximum absolute atomic E-state index is 5.98. The lowest BCUT2D eigenvalue weighted by molar-refractivity contribution is 0.642. The molecular formula is C15H20N2. The third kappa shape index (κ3) is 2.90. The first kappa shape index (κ1) is 11.8. The van der Waals surface area contributed by atoms with Crippen LogP contribution in [0, 0.1) is 5.92 Å². The van der Waals surface area contributed by atoms with Gasteiger partial charge in [0.25, 0.3) is 0 Å². The molecule has 2 rings (SSSR count). The van der Waals surface area contributed by atoms with Crippen LogP contribution in [0.4, 0.5) is 0 Å². The Morgan fingerprint density at radius 1 is 1.12 bits per heavy atom. The van der Waals surface area contributed by atoms with Gasteiger partial charge in [0.15, 0.2) is 0 Å². The van der Waals surface area contributed by atoms with Gasteiger partial charge in [-0.05, 0) is 29.5 Å². The topological polar surface area (TPSA) is 30.9 Å². The Hall–Kier alpha value is -1.70. The van der Waals surface area contributed by atoms with E-state index in [1.165, 1.54) is 16.8 Å². The normalized spacial score (nSPS) is 11.0.